The number of hydrogen-bond donors (Lipinski definition) is 1. The highest BCUT2D eigenvalue weighted by molar-refractivity contribution is 7.81. The number of hydrogen-bond acceptors (Lipinski definition) is 4. The van der Waals surface area contributed by atoms with Crippen molar-refractivity contribution in [3.05, 3.63) is 84.4 Å². The SMILES string of the molecule is [O-]C(=C(C(=S)Nc1ccccc1F)[n+]1ccccc1)c1ccc2c(c1)OCCO2. The van der Waals surface area contributed by atoms with Crippen molar-refractivity contribution < 1.29 is 23.5 Å². The van der Waals surface area contributed by atoms with Gasteiger partial charge in [-0.1, -0.05) is 36.5 Å². The maximum Gasteiger partial charge on any atom is 0.238 e. The largest absolute Gasteiger partial charge is 0.867 e. The first-order valence-corrected chi connectivity index (χ1v) is 9.38. The Morgan fingerprint density at radius 3 is 2.45 bits per heavy atom. The molecule has 3 aromatic rings. The van der Waals surface area contributed by atoms with E-state index in [1.165, 1.54) is 6.07 Å². The highest BCUT2D eigenvalue weighted by Crippen LogP contribution is 2.32. The number of nitrogens with one attached hydrogen (secondary N) is 1. The van der Waals surface area contributed by atoms with Gasteiger partial charge < -0.3 is 19.9 Å². The molecule has 0 bridgehead atoms. The molecule has 5 nitrogen and oxygen atoms in total. The van der Waals surface area contributed by atoms with Crippen LogP contribution in [0.5, 0.6) is 11.5 Å². The van der Waals surface area contributed by atoms with Crippen LogP contribution < -0.4 is 24.5 Å². The summed E-state index contributed by atoms with van der Waals surface area (Å²) >= 11 is 5.48. The second-order valence-electron chi connectivity index (χ2n) is 6.25. The summed E-state index contributed by atoms with van der Waals surface area (Å²) in [4.78, 5) is 0.103. The Morgan fingerprint density at radius 1 is 0.966 bits per heavy atom. The third kappa shape index (κ3) is 4.05. The standard InChI is InChI=1S/C22H17FN2O3S/c23-16-6-2-3-7-17(16)24-22(29)20(25-10-4-1-5-11-25)21(26)15-8-9-18-19(14-15)28-13-12-27-18/h1-11,14H,12-13H2,(H-,24,26,29). The first-order valence-electron chi connectivity index (χ1n) is 8.97. The zero-order valence-corrected chi connectivity index (χ0v) is 16.1. The van der Waals surface area contributed by atoms with Gasteiger partial charge in [0, 0.05) is 12.1 Å². The van der Waals surface area contributed by atoms with Gasteiger partial charge in [0.25, 0.3) is 0 Å². The number of halogens is 1. The predicted octanol–water partition coefficient (Wildman–Crippen LogP) is 3.01. The van der Waals surface area contributed by atoms with E-state index in [0.29, 0.717) is 30.3 Å². The van der Waals surface area contributed by atoms with Gasteiger partial charge in [-0.2, -0.15) is 4.57 Å². The van der Waals surface area contributed by atoms with Crippen LogP contribution in [0, 0.1) is 5.82 Å². The second kappa shape index (κ2) is 8.28. The second-order valence-corrected chi connectivity index (χ2v) is 6.66. The molecule has 0 unspecified atom stereocenters. The molecule has 0 atom stereocenters. The monoisotopic (exact) mass is 408 g/mol. The lowest BCUT2D eigenvalue weighted by Gasteiger charge is -2.21. The molecule has 0 saturated heterocycles. The van der Waals surface area contributed by atoms with Gasteiger partial charge in [0.15, 0.2) is 28.9 Å². The van der Waals surface area contributed by atoms with E-state index in [-0.39, 0.29) is 22.1 Å². The van der Waals surface area contributed by atoms with Crippen LogP contribution in [-0.4, -0.2) is 18.2 Å². The molecule has 0 amide bonds. The maximum absolute atomic E-state index is 14.1. The Labute approximate surface area is 172 Å². The summed E-state index contributed by atoms with van der Waals surface area (Å²) in [6.07, 6.45) is 3.42. The van der Waals surface area contributed by atoms with Crippen LogP contribution in [0.4, 0.5) is 10.1 Å². The maximum atomic E-state index is 14.1. The number of ether oxygens (including phenoxy) is 2. The molecule has 2 heterocycles. The molecular formula is C22H17FN2O3S. The number of rotatable bonds is 4. The van der Waals surface area contributed by atoms with Crippen molar-refractivity contribution in [3.63, 3.8) is 0 Å². The van der Waals surface area contributed by atoms with E-state index < -0.39 is 5.82 Å². The van der Waals surface area contributed by atoms with Crippen molar-refractivity contribution in [2.24, 2.45) is 0 Å². The fraction of sp³-hybridized carbons (Fsp3) is 0.0909. The zero-order chi connectivity index (χ0) is 20.2. The number of thiocarbonyl (C=S) groups is 1. The summed E-state index contributed by atoms with van der Waals surface area (Å²) in [6.45, 7) is 0.885. The molecule has 1 aromatic heterocycles. The number of para-hydroxylation sites is 1. The molecule has 1 N–H and O–H groups in total. The lowest BCUT2D eigenvalue weighted by Crippen LogP contribution is -2.39. The molecule has 0 radical (unpaired) electrons. The number of benzene rings is 2. The van der Waals surface area contributed by atoms with Crippen molar-refractivity contribution in [3.8, 4) is 11.5 Å². The van der Waals surface area contributed by atoms with Crippen molar-refractivity contribution in [2.45, 2.75) is 0 Å². The highest BCUT2D eigenvalue weighted by atomic mass is 32.1. The van der Waals surface area contributed by atoms with Gasteiger partial charge in [-0.25, -0.2) is 4.39 Å². The molecule has 0 spiro atoms. The lowest BCUT2D eigenvalue weighted by atomic mass is 10.1. The fourth-order valence-electron chi connectivity index (χ4n) is 2.95. The first-order chi connectivity index (χ1) is 14.1. The fourth-order valence-corrected chi connectivity index (χ4v) is 3.26. The molecule has 1 aliphatic heterocycles. The summed E-state index contributed by atoms with van der Waals surface area (Å²) in [6, 6.07) is 16.5. The van der Waals surface area contributed by atoms with Crippen molar-refractivity contribution in [1.82, 2.24) is 0 Å². The smallest absolute Gasteiger partial charge is 0.238 e. The van der Waals surface area contributed by atoms with Gasteiger partial charge in [-0.3, -0.25) is 0 Å². The lowest BCUT2D eigenvalue weighted by molar-refractivity contribution is -0.577. The predicted molar refractivity (Wildman–Crippen MR) is 110 cm³/mol. The summed E-state index contributed by atoms with van der Waals surface area (Å²) in [5.41, 5.74) is 0.778. The normalized spacial score (nSPS) is 13.4. The molecule has 2 aromatic carbocycles. The van der Waals surface area contributed by atoms with E-state index in [9.17, 15) is 9.50 Å². The van der Waals surface area contributed by atoms with Crippen molar-refractivity contribution in [1.29, 1.82) is 0 Å². The Bertz CT molecular complexity index is 1090. The topological polar surface area (TPSA) is 57.4 Å². The minimum atomic E-state index is -0.459. The number of aromatic nitrogens is 1. The molecule has 1 aliphatic rings. The van der Waals surface area contributed by atoms with Gasteiger partial charge in [0.2, 0.25) is 5.70 Å². The van der Waals surface area contributed by atoms with Gasteiger partial charge in [-0.15, -0.1) is 0 Å². The Morgan fingerprint density at radius 2 is 1.69 bits per heavy atom. The summed E-state index contributed by atoms with van der Waals surface area (Å²) in [5.74, 6) is 0.312. The van der Waals surface area contributed by atoms with Crippen LogP contribution in [0.25, 0.3) is 11.5 Å². The molecule has 0 aliphatic carbocycles. The van der Waals surface area contributed by atoms with E-state index in [1.54, 1.807) is 65.5 Å². The van der Waals surface area contributed by atoms with Gasteiger partial charge in [0.1, 0.15) is 19.0 Å². The van der Waals surface area contributed by atoms with Gasteiger partial charge in [-0.05, 0) is 35.6 Å². The van der Waals surface area contributed by atoms with E-state index in [2.05, 4.69) is 5.32 Å². The number of nitrogens with zero attached hydrogens (tertiary/aromatic N) is 1. The Balaban J connectivity index is 1.78. The minimum Gasteiger partial charge on any atom is -0.867 e. The zero-order valence-electron chi connectivity index (χ0n) is 15.3. The number of fused-ring (bicyclic) bond motifs is 1. The van der Waals surface area contributed by atoms with E-state index in [0.717, 1.165) is 0 Å². The molecule has 4 rings (SSSR count). The quantitative estimate of drug-likeness (QED) is 0.311. The van der Waals surface area contributed by atoms with E-state index in [1.807, 2.05) is 6.07 Å². The van der Waals surface area contributed by atoms with Crippen LogP contribution >= 0.6 is 12.2 Å². The molecule has 7 heteroatoms. The third-order valence-corrected chi connectivity index (χ3v) is 4.63. The number of anilines is 1. The molecule has 146 valence electrons. The van der Waals surface area contributed by atoms with Crippen LogP contribution in [0.3, 0.4) is 0 Å². The first kappa shape index (κ1) is 18.9. The van der Waals surface area contributed by atoms with E-state index in [4.69, 9.17) is 21.7 Å². The number of pyridine rings is 1. The average Bonchev–Trinajstić information content (AvgIpc) is 2.76. The van der Waals surface area contributed by atoms with Crippen molar-refractivity contribution >= 4 is 34.3 Å². The Kier molecular flexibility index (Phi) is 5.39. The summed E-state index contributed by atoms with van der Waals surface area (Å²) < 4.78 is 26.8. The summed E-state index contributed by atoms with van der Waals surface area (Å²) in [5, 5.41) is 16.2. The van der Waals surface area contributed by atoms with Crippen LogP contribution in [0.1, 0.15) is 5.56 Å². The van der Waals surface area contributed by atoms with Crippen LogP contribution in [0.15, 0.2) is 73.1 Å². The Hall–Kier alpha value is -3.45. The molecule has 0 saturated carbocycles. The average molecular weight is 408 g/mol. The summed E-state index contributed by atoms with van der Waals surface area (Å²) in [7, 11) is 0. The van der Waals surface area contributed by atoms with Crippen LogP contribution in [0.2, 0.25) is 0 Å². The molecule has 29 heavy (non-hydrogen) atoms. The van der Waals surface area contributed by atoms with Gasteiger partial charge in [0.05, 0.1) is 5.69 Å². The van der Waals surface area contributed by atoms with E-state index >= 15 is 0 Å². The molecular weight excluding hydrogens is 391 g/mol. The molecule has 0 fully saturated rings. The third-order valence-electron chi connectivity index (χ3n) is 4.33. The van der Waals surface area contributed by atoms with Crippen molar-refractivity contribution in [2.75, 3.05) is 18.5 Å². The van der Waals surface area contributed by atoms with Gasteiger partial charge >= 0.3 is 0 Å². The van der Waals surface area contributed by atoms with Crippen LogP contribution in [-0.2, 0) is 0 Å². The highest BCUT2D eigenvalue weighted by Gasteiger charge is 2.21. The minimum absolute atomic E-state index is 0.103.